The molecule has 0 aliphatic heterocycles. The number of nitrogens with zero attached hydrogens (tertiary/aromatic N) is 1. The summed E-state index contributed by atoms with van der Waals surface area (Å²) in [5, 5.41) is 15.5. The van der Waals surface area contributed by atoms with E-state index in [0.29, 0.717) is 25.1 Å². The Hall–Kier alpha value is -2.42. The number of aromatic hydroxyl groups is 1. The van der Waals surface area contributed by atoms with Crippen LogP contribution in [0.4, 0.5) is 4.79 Å². The quantitative estimate of drug-likeness (QED) is 0.268. The molecule has 9 heteroatoms. The van der Waals surface area contributed by atoms with Gasteiger partial charge in [0.25, 0.3) is 0 Å². The van der Waals surface area contributed by atoms with Gasteiger partial charge in [-0.25, -0.2) is 4.79 Å². The van der Waals surface area contributed by atoms with Crippen LogP contribution in [0.2, 0.25) is 0 Å². The van der Waals surface area contributed by atoms with Crippen molar-refractivity contribution < 1.29 is 24.2 Å². The van der Waals surface area contributed by atoms with Crippen LogP contribution in [0.1, 0.15) is 71.9 Å². The highest BCUT2D eigenvalue weighted by Gasteiger charge is 2.35. The Kier molecular flexibility index (Phi) is 12.1. The van der Waals surface area contributed by atoms with Gasteiger partial charge < -0.3 is 25.4 Å². The average molecular weight is 482 g/mol. The van der Waals surface area contributed by atoms with Crippen molar-refractivity contribution in [3.63, 3.8) is 0 Å². The standard InChI is InChI=1S/C24H39N3O5S/c1-6-8-13-25-21(29)20(17-11-10-12-18(28)15-17)27(14-9-7-2)22(30)19(16-33)26-23(31)32-24(3,4)5/h10-12,15,19-20,28,33H,6-9,13-14,16H2,1-5H3,(H,25,29)(H,26,31). The molecule has 0 spiro atoms. The van der Waals surface area contributed by atoms with E-state index in [2.05, 4.69) is 23.3 Å². The average Bonchev–Trinajstić information content (AvgIpc) is 2.73. The van der Waals surface area contributed by atoms with Crippen LogP contribution >= 0.6 is 12.6 Å². The molecule has 2 atom stereocenters. The van der Waals surface area contributed by atoms with E-state index < -0.39 is 29.7 Å². The lowest BCUT2D eigenvalue weighted by molar-refractivity contribution is -0.142. The van der Waals surface area contributed by atoms with Gasteiger partial charge in [-0.05, 0) is 51.3 Å². The molecule has 3 amide bonds. The number of ether oxygens (including phenoxy) is 1. The Balaban J connectivity index is 3.30. The van der Waals surface area contributed by atoms with Crippen LogP contribution in [0.25, 0.3) is 0 Å². The van der Waals surface area contributed by atoms with Crippen molar-refractivity contribution in [2.45, 2.75) is 78.0 Å². The van der Waals surface area contributed by atoms with Gasteiger partial charge in [0.1, 0.15) is 23.4 Å². The van der Waals surface area contributed by atoms with Crippen molar-refractivity contribution in [3.8, 4) is 5.75 Å². The van der Waals surface area contributed by atoms with Crippen LogP contribution in [0.15, 0.2) is 24.3 Å². The minimum atomic E-state index is -0.983. The number of thiol groups is 1. The van der Waals surface area contributed by atoms with Crippen LogP contribution in [-0.4, -0.2) is 58.4 Å². The second-order valence-electron chi connectivity index (χ2n) is 8.91. The molecule has 0 aliphatic carbocycles. The first-order chi connectivity index (χ1) is 15.5. The number of unbranched alkanes of at least 4 members (excludes halogenated alkanes) is 2. The molecule has 3 N–H and O–H groups in total. The molecule has 0 bridgehead atoms. The summed E-state index contributed by atoms with van der Waals surface area (Å²) in [6.07, 6.45) is 2.46. The minimum absolute atomic E-state index is 0.000580. The van der Waals surface area contributed by atoms with E-state index >= 15 is 0 Å². The first-order valence-corrected chi connectivity index (χ1v) is 12.1. The van der Waals surface area contributed by atoms with E-state index in [4.69, 9.17) is 4.74 Å². The van der Waals surface area contributed by atoms with Crippen molar-refractivity contribution in [3.05, 3.63) is 29.8 Å². The normalized spacial score (nSPS) is 13.0. The smallest absolute Gasteiger partial charge is 0.408 e. The molecule has 0 saturated carbocycles. The number of rotatable bonds is 12. The van der Waals surface area contributed by atoms with Crippen LogP contribution in [-0.2, 0) is 14.3 Å². The van der Waals surface area contributed by atoms with Gasteiger partial charge in [0.15, 0.2) is 0 Å². The highest BCUT2D eigenvalue weighted by atomic mass is 32.1. The number of benzene rings is 1. The zero-order valence-corrected chi connectivity index (χ0v) is 21.3. The summed E-state index contributed by atoms with van der Waals surface area (Å²) in [7, 11) is 0. The third-order valence-electron chi connectivity index (χ3n) is 4.78. The Morgan fingerprint density at radius 1 is 1.15 bits per heavy atom. The molecular weight excluding hydrogens is 442 g/mol. The number of alkyl carbamates (subject to hydrolysis) is 1. The molecule has 1 aromatic rings. The van der Waals surface area contributed by atoms with Gasteiger partial charge in [-0.3, -0.25) is 9.59 Å². The summed E-state index contributed by atoms with van der Waals surface area (Å²) in [5.41, 5.74) is -0.233. The van der Waals surface area contributed by atoms with Gasteiger partial charge in [-0.15, -0.1) is 0 Å². The predicted octanol–water partition coefficient (Wildman–Crippen LogP) is 3.80. The molecule has 186 valence electrons. The molecule has 0 heterocycles. The third-order valence-corrected chi connectivity index (χ3v) is 5.15. The van der Waals surface area contributed by atoms with Crippen LogP contribution in [0, 0.1) is 0 Å². The molecule has 1 aromatic carbocycles. The number of carbonyl (C=O) groups is 3. The Bertz CT molecular complexity index is 782. The van der Waals surface area contributed by atoms with E-state index in [-0.39, 0.29) is 17.4 Å². The van der Waals surface area contributed by atoms with E-state index in [0.717, 1.165) is 19.3 Å². The molecule has 0 aliphatic rings. The highest BCUT2D eigenvalue weighted by Crippen LogP contribution is 2.26. The number of hydrogen-bond donors (Lipinski definition) is 4. The number of phenols is 1. The first-order valence-electron chi connectivity index (χ1n) is 11.5. The maximum atomic E-state index is 13.6. The van der Waals surface area contributed by atoms with E-state index in [1.54, 1.807) is 32.9 Å². The van der Waals surface area contributed by atoms with Crippen molar-refractivity contribution in [1.82, 2.24) is 15.5 Å². The lowest BCUT2D eigenvalue weighted by Gasteiger charge is -2.34. The number of nitrogens with one attached hydrogen (secondary N) is 2. The van der Waals surface area contributed by atoms with Crippen molar-refractivity contribution in [1.29, 1.82) is 0 Å². The maximum Gasteiger partial charge on any atom is 0.408 e. The molecule has 33 heavy (non-hydrogen) atoms. The zero-order chi connectivity index (χ0) is 25.0. The van der Waals surface area contributed by atoms with Gasteiger partial charge in [0.05, 0.1) is 0 Å². The Labute approximate surface area is 202 Å². The highest BCUT2D eigenvalue weighted by molar-refractivity contribution is 7.80. The molecular formula is C24H39N3O5S. The number of phenolic OH excluding ortho intramolecular Hbond substituents is 1. The van der Waals surface area contributed by atoms with Gasteiger partial charge in [0.2, 0.25) is 11.8 Å². The molecule has 0 radical (unpaired) electrons. The first kappa shape index (κ1) is 28.6. The molecule has 0 fully saturated rings. The predicted molar refractivity (Wildman–Crippen MR) is 132 cm³/mol. The van der Waals surface area contributed by atoms with Crippen molar-refractivity contribution in [2.75, 3.05) is 18.8 Å². The number of amides is 3. The van der Waals surface area contributed by atoms with E-state index in [9.17, 15) is 19.5 Å². The summed E-state index contributed by atoms with van der Waals surface area (Å²) in [4.78, 5) is 40.6. The van der Waals surface area contributed by atoms with Gasteiger partial charge >= 0.3 is 6.09 Å². The molecule has 0 aromatic heterocycles. The zero-order valence-electron chi connectivity index (χ0n) is 20.4. The summed E-state index contributed by atoms with van der Waals surface area (Å²) in [6, 6.07) is 4.38. The fourth-order valence-corrected chi connectivity index (χ4v) is 3.43. The molecule has 8 nitrogen and oxygen atoms in total. The van der Waals surface area contributed by atoms with Crippen molar-refractivity contribution in [2.24, 2.45) is 0 Å². The van der Waals surface area contributed by atoms with Gasteiger partial charge in [0, 0.05) is 18.8 Å². The summed E-state index contributed by atoms with van der Waals surface area (Å²) < 4.78 is 5.29. The molecule has 2 unspecified atom stereocenters. The monoisotopic (exact) mass is 481 g/mol. The molecule has 1 rings (SSSR count). The van der Waals surface area contributed by atoms with Gasteiger partial charge in [-0.2, -0.15) is 12.6 Å². The summed E-state index contributed by atoms with van der Waals surface area (Å²) in [5.74, 6) is -0.749. The fourth-order valence-electron chi connectivity index (χ4n) is 3.18. The lowest BCUT2D eigenvalue weighted by Crippen LogP contribution is -2.54. The van der Waals surface area contributed by atoms with E-state index in [1.807, 2.05) is 13.8 Å². The maximum absolute atomic E-state index is 13.6. The topological polar surface area (TPSA) is 108 Å². The second-order valence-corrected chi connectivity index (χ2v) is 9.27. The number of carbonyl (C=O) groups excluding carboxylic acids is 3. The lowest BCUT2D eigenvalue weighted by atomic mass is 10.0. The summed E-state index contributed by atoms with van der Waals surface area (Å²) in [6.45, 7) is 9.99. The van der Waals surface area contributed by atoms with Crippen LogP contribution in [0.3, 0.4) is 0 Å². The van der Waals surface area contributed by atoms with Gasteiger partial charge in [-0.1, -0.05) is 38.8 Å². The SMILES string of the molecule is CCCCNC(=O)C(c1cccc(O)c1)N(CCCC)C(=O)C(CS)NC(=O)OC(C)(C)C. The second kappa shape index (κ2) is 14.0. The van der Waals surface area contributed by atoms with Crippen LogP contribution in [0.5, 0.6) is 5.75 Å². The third kappa shape index (κ3) is 9.94. The largest absolute Gasteiger partial charge is 0.508 e. The van der Waals surface area contributed by atoms with Crippen molar-refractivity contribution >= 4 is 30.5 Å². The minimum Gasteiger partial charge on any atom is -0.508 e. The van der Waals surface area contributed by atoms with E-state index in [1.165, 1.54) is 17.0 Å². The molecule has 0 saturated heterocycles. The Morgan fingerprint density at radius 3 is 2.36 bits per heavy atom. The fraction of sp³-hybridized carbons (Fsp3) is 0.625. The summed E-state index contributed by atoms with van der Waals surface area (Å²) >= 11 is 4.26. The van der Waals surface area contributed by atoms with Crippen LogP contribution < -0.4 is 10.6 Å². The Morgan fingerprint density at radius 2 is 1.82 bits per heavy atom. The number of hydrogen-bond acceptors (Lipinski definition) is 6.